The average molecular weight is 406 g/mol. The average Bonchev–Trinajstić information content (AvgIpc) is 2.65. The summed E-state index contributed by atoms with van der Waals surface area (Å²) in [6.45, 7) is 6.43. The van der Waals surface area contributed by atoms with E-state index in [2.05, 4.69) is 35.3 Å². The van der Waals surface area contributed by atoms with Crippen LogP contribution in [-0.2, 0) is 6.42 Å². The predicted octanol–water partition coefficient (Wildman–Crippen LogP) is 7.28. The van der Waals surface area contributed by atoms with Gasteiger partial charge in [0.05, 0.1) is 11.1 Å². The summed E-state index contributed by atoms with van der Waals surface area (Å²) in [5.41, 5.74) is 1.51. The lowest BCUT2D eigenvalue weighted by Gasteiger charge is -2.28. The largest absolute Gasteiger partial charge is 0.394 e. The topological polar surface area (TPSA) is 25.8 Å². The van der Waals surface area contributed by atoms with Gasteiger partial charge in [-0.2, -0.15) is 18.3 Å². The summed E-state index contributed by atoms with van der Waals surface area (Å²) >= 11 is 0. The molecule has 0 aliphatic heterocycles. The lowest BCUT2D eigenvalue weighted by molar-refractivity contribution is -0.211. The number of aromatic nitrogens is 2. The molecule has 0 bridgehead atoms. The first-order chi connectivity index (χ1) is 14.1. The number of aryl methyl sites for hydroxylation is 2. The molecule has 4 aromatic carbocycles. The minimum absolute atomic E-state index is 0.0900. The van der Waals surface area contributed by atoms with E-state index in [-0.39, 0.29) is 6.42 Å². The van der Waals surface area contributed by atoms with Crippen LogP contribution in [0.1, 0.15) is 30.7 Å². The molecule has 0 aliphatic rings. The van der Waals surface area contributed by atoms with E-state index in [1.54, 1.807) is 0 Å². The van der Waals surface area contributed by atoms with Gasteiger partial charge in [0.1, 0.15) is 5.52 Å². The summed E-state index contributed by atoms with van der Waals surface area (Å²) in [6, 6.07) is 14.1. The smallest absolute Gasteiger partial charge is 0.171 e. The molecule has 0 fully saturated rings. The van der Waals surface area contributed by atoms with Crippen molar-refractivity contribution in [3.8, 4) is 0 Å². The van der Waals surface area contributed by atoms with Gasteiger partial charge in [0.15, 0.2) is 0 Å². The summed E-state index contributed by atoms with van der Waals surface area (Å²) in [5.74, 6) is 0. The fourth-order valence-corrected chi connectivity index (χ4v) is 4.57. The summed E-state index contributed by atoms with van der Waals surface area (Å²) < 4.78 is 40.7. The molecule has 0 spiro atoms. The first-order valence-electron chi connectivity index (χ1n) is 9.97. The van der Waals surface area contributed by atoms with Gasteiger partial charge in [0, 0.05) is 16.2 Å². The van der Waals surface area contributed by atoms with Crippen LogP contribution in [0.15, 0.2) is 42.5 Å². The number of nitrogens with zero attached hydrogens (tertiary/aromatic N) is 2. The van der Waals surface area contributed by atoms with E-state index in [4.69, 9.17) is 0 Å². The molecule has 0 saturated carbocycles. The second-order valence-electron chi connectivity index (χ2n) is 8.97. The van der Waals surface area contributed by atoms with Gasteiger partial charge in [0.25, 0.3) is 0 Å². The Kier molecular flexibility index (Phi) is 3.83. The van der Waals surface area contributed by atoms with Gasteiger partial charge in [-0.15, -0.1) is 5.10 Å². The second-order valence-corrected chi connectivity index (χ2v) is 8.97. The lowest BCUT2D eigenvalue weighted by atomic mass is 9.83. The maximum atomic E-state index is 13.6. The third kappa shape index (κ3) is 2.64. The Hall–Kier alpha value is -2.95. The molecule has 5 heteroatoms. The quantitative estimate of drug-likeness (QED) is 0.227. The highest BCUT2D eigenvalue weighted by atomic mass is 19.4. The van der Waals surface area contributed by atoms with Gasteiger partial charge in [0.2, 0.25) is 0 Å². The van der Waals surface area contributed by atoms with Crippen molar-refractivity contribution in [2.75, 3.05) is 0 Å². The highest BCUT2D eigenvalue weighted by Gasteiger charge is 2.47. The minimum atomic E-state index is -4.28. The maximum absolute atomic E-state index is 13.6. The van der Waals surface area contributed by atoms with E-state index in [1.807, 2.05) is 31.2 Å². The van der Waals surface area contributed by atoms with Crippen molar-refractivity contribution < 1.29 is 13.2 Å². The molecule has 5 rings (SSSR count). The Morgan fingerprint density at radius 1 is 0.800 bits per heavy atom. The predicted molar refractivity (Wildman–Crippen MR) is 116 cm³/mol. The van der Waals surface area contributed by atoms with Crippen molar-refractivity contribution in [2.45, 2.75) is 40.3 Å². The van der Waals surface area contributed by atoms with Crippen LogP contribution in [0.3, 0.4) is 0 Å². The summed E-state index contributed by atoms with van der Waals surface area (Å²) in [4.78, 5) is 0. The van der Waals surface area contributed by atoms with Crippen molar-refractivity contribution >= 4 is 43.2 Å². The van der Waals surface area contributed by atoms with Gasteiger partial charge < -0.3 is 0 Å². The molecule has 1 heterocycles. The van der Waals surface area contributed by atoms with E-state index in [0.29, 0.717) is 5.56 Å². The van der Waals surface area contributed by atoms with Crippen LogP contribution in [0.4, 0.5) is 13.2 Å². The lowest BCUT2D eigenvalue weighted by Crippen LogP contribution is -2.34. The summed E-state index contributed by atoms with van der Waals surface area (Å²) in [6.07, 6.45) is -4.37. The van der Waals surface area contributed by atoms with Gasteiger partial charge in [-0.25, -0.2) is 0 Å². The highest BCUT2D eigenvalue weighted by molar-refractivity contribution is 6.32. The fraction of sp³-hybridized carbons (Fsp3) is 0.280. The minimum Gasteiger partial charge on any atom is -0.171 e. The molecule has 0 aliphatic carbocycles. The van der Waals surface area contributed by atoms with Gasteiger partial charge in [-0.3, -0.25) is 0 Å². The van der Waals surface area contributed by atoms with E-state index in [0.717, 1.165) is 54.5 Å². The van der Waals surface area contributed by atoms with Gasteiger partial charge in [-0.05, 0) is 65.1 Å². The van der Waals surface area contributed by atoms with Gasteiger partial charge in [-0.1, -0.05) is 44.2 Å². The molecule has 5 aromatic rings. The van der Waals surface area contributed by atoms with E-state index in [1.165, 1.54) is 13.8 Å². The number of halogens is 3. The number of hydrogen-bond donors (Lipinski definition) is 0. The molecule has 0 unspecified atom stereocenters. The summed E-state index contributed by atoms with van der Waals surface area (Å²) in [7, 11) is 0. The Labute approximate surface area is 172 Å². The molecule has 0 amide bonds. The van der Waals surface area contributed by atoms with Crippen molar-refractivity contribution in [3.05, 3.63) is 59.3 Å². The number of alkyl halides is 3. The number of fused-ring (bicyclic) bond motifs is 2. The first-order valence-corrected chi connectivity index (χ1v) is 9.97. The van der Waals surface area contributed by atoms with Crippen LogP contribution in [0, 0.1) is 19.3 Å². The van der Waals surface area contributed by atoms with E-state index in [9.17, 15) is 13.2 Å². The zero-order valence-electron chi connectivity index (χ0n) is 17.3. The zero-order chi connectivity index (χ0) is 21.4. The van der Waals surface area contributed by atoms with Crippen LogP contribution in [0.2, 0.25) is 0 Å². The molecule has 0 atom stereocenters. The molecule has 0 saturated heterocycles. The zero-order valence-corrected chi connectivity index (χ0v) is 17.3. The molecule has 0 radical (unpaired) electrons. The fourth-order valence-electron chi connectivity index (χ4n) is 4.57. The molecular formula is C25H21F3N2. The Balaban J connectivity index is 1.94. The Morgan fingerprint density at radius 3 is 2.27 bits per heavy atom. The Morgan fingerprint density at radius 2 is 1.53 bits per heavy atom. The molecular weight excluding hydrogens is 385 g/mol. The van der Waals surface area contributed by atoms with Crippen LogP contribution in [0.25, 0.3) is 43.2 Å². The summed E-state index contributed by atoms with van der Waals surface area (Å²) in [5, 5.41) is 15.9. The number of hydrogen-bond acceptors (Lipinski definition) is 2. The maximum Gasteiger partial charge on any atom is 0.394 e. The van der Waals surface area contributed by atoms with Crippen LogP contribution in [0.5, 0.6) is 0 Å². The molecule has 1 aromatic heterocycles. The number of benzene rings is 4. The van der Waals surface area contributed by atoms with Gasteiger partial charge >= 0.3 is 6.18 Å². The SMILES string of the molecule is Cc1cc2cccc3c4cc(CC(C)(C)C(F)(F)F)cc5c(C)nnc(c(c1)c23)c54. The van der Waals surface area contributed by atoms with Crippen LogP contribution >= 0.6 is 0 Å². The first kappa shape index (κ1) is 19.0. The molecule has 30 heavy (non-hydrogen) atoms. The molecule has 152 valence electrons. The second kappa shape index (κ2) is 6.03. The molecule has 0 N–H and O–H groups in total. The van der Waals surface area contributed by atoms with E-state index < -0.39 is 11.6 Å². The van der Waals surface area contributed by atoms with Crippen LogP contribution in [-0.4, -0.2) is 16.4 Å². The van der Waals surface area contributed by atoms with E-state index >= 15 is 0 Å². The Bertz CT molecular complexity index is 1450. The normalized spacial score (nSPS) is 13.3. The van der Waals surface area contributed by atoms with Crippen molar-refractivity contribution in [3.63, 3.8) is 0 Å². The van der Waals surface area contributed by atoms with Crippen molar-refractivity contribution in [2.24, 2.45) is 5.41 Å². The third-order valence-electron chi connectivity index (χ3n) is 6.20. The highest BCUT2D eigenvalue weighted by Crippen LogP contribution is 2.44. The standard InChI is InChI=1S/C25H21F3N2/c1-13-8-16-6-5-7-17-19-11-15(12-24(3,4)25(26,27)28)10-18-14(2)29-30-23(22(18)19)20(9-13)21(16)17/h5-11H,12H2,1-4H3. The third-order valence-corrected chi connectivity index (χ3v) is 6.20. The van der Waals surface area contributed by atoms with Crippen molar-refractivity contribution in [1.29, 1.82) is 0 Å². The van der Waals surface area contributed by atoms with Crippen molar-refractivity contribution in [1.82, 2.24) is 10.2 Å². The number of rotatable bonds is 2. The molecule has 2 nitrogen and oxygen atoms in total. The van der Waals surface area contributed by atoms with Crippen LogP contribution < -0.4 is 0 Å². The monoisotopic (exact) mass is 406 g/mol.